The van der Waals surface area contributed by atoms with Gasteiger partial charge in [0.05, 0.1) is 0 Å². The van der Waals surface area contributed by atoms with Crippen molar-refractivity contribution in [3.63, 3.8) is 0 Å². The Kier molecular flexibility index (Phi) is 5.37. The summed E-state index contributed by atoms with van der Waals surface area (Å²) in [6.07, 6.45) is 4.56. The molecule has 0 aliphatic heterocycles. The van der Waals surface area contributed by atoms with Gasteiger partial charge >= 0.3 is 29.4 Å². The number of fused-ring (bicyclic) bond motifs is 1. The van der Waals surface area contributed by atoms with Gasteiger partial charge in [-0.25, -0.2) is 0 Å². The summed E-state index contributed by atoms with van der Waals surface area (Å²) in [5, 5.41) is 0. The van der Waals surface area contributed by atoms with Crippen LogP contribution in [-0.2, 0) is 24.1 Å². The molecule has 2 rings (SSSR count). The molecule has 0 unspecified atom stereocenters. The van der Waals surface area contributed by atoms with Gasteiger partial charge < -0.3 is 0 Å². The van der Waals surface area contributed by atoms with Gasteiger partial charge in [-0.2, -0.15) is 0 Å². The second kappa shape index (κ2) is 6.31. The summed E-state index contributed by atoms with van der Waals surface area (Å²) in [6.45, 7) is 4.46. The van der Waals surface area contributed by atoms with E-state index in [2.05, 4.69) is 50.6 Å². The molecule has 0 amide bonds. The molecular formula is C12H13F2Hf. The molecule has 0 saturated heterocycles. The van der Waals surface area contributed by atoms with Crippen molar-refractivity contribution in [2.45, 2.75) is 13.8 Å². The summed E-state index contributed by atoms with van der Waals surface area (Å²) < 4.78 is 19.6. The molecule has 1 radical (unpaired) electrons. The van der Waals surface area contributed by atoms with Crippen LogP contribution in [-0.4, -0.2) is 0 Å². The maximum atomic E-state index is 9.82. The maximum absolute atomic E-state index is 9.82. The number of benzene rings is 1. The van der Waals surface area contributed by atoms with Gasteiger partial charge in [-0.3, -0.25) is 0 Å². The summed E-state index contributed by atoms with van der Waals surface area (Å²) in [4.78, 5) is 0. The number of hydrogen-bond acceptors (Lipinski definition) is 0. The summed E-state index contributed by atoms with van der Waals surface area (Å²) in [5.74, 6) is 0.636. The third kappa shape index (κ3) is 3.63. The van der Waals surface area contributed by atoms with Gasteiger partial charge in [0.25, 0.3) is 0 Å². The Balaban J connectivity index is 0.000000337. The van der Waals surface area contributed by atoms with Crippen LogP contribution in [0.1, 0.15) is 25.0 Å². The fraction of sp³-hybridized carbons (Fsp3) is 0.250. The minimum absolute atomic E-state index is 0.636. The number of allylic oxidation sites excluding steroid dienone is 1. The molecule has 0 saturated carbocycles. The molecule has 0 fully saturated rings. The standard InChI is InChI=1S/C12H13.2FH.Hf/c1-9(2)12-7-10-5-3-4-6-11(10)8-12;;;/h3-9H,1-2H3;2*1H;/q;;;+2/p-2. The Labute approximate surface area is 102 Å². The number of hydrogen-bond donors (Lipinski definition) is 0. The zero-order valence-corrected chi connectivity index (χ0v) is 12.4. The zero-order valence-electron chi connectivity index (χ0n) is 8.80. The number of rotatable bonds is 1. The SMILES string of the molecule is CC(C)C1=Cc2ccccc2[CH]1.[F][Hf][F]. The van der Waals surface area contributed by atoms with E-state index in [1.807, 2.05) is 0 Å². The summed E-state index contributed by atoms with van der Waals surface area (Å²) >= 11 is -2.92. The Bertz CT molecular complexity index is 345. The first-order valence-corrected chi connectivity index (χ1v) is 7.52. The van der Waals surface area contributed by atoms with E-state index < -0.39 is 24.1 Å². The van der Waals surface area contributed by atoms with Crippen LogP contribution in [0.25, 0.3) is 6.08 Å². The molecule has 1 aliphatic rings. The molecule has 0 spiro atoms. The summed E-state index contributed by atoms with van der Waals surface area (Å²) in [5.41, 5.74) is 4.17. The molecule has 0 N–H and O–H groups in total. The molecule has 1 aromatic rings. The van der Waals surface area contributed by atoms with Gasteiger partial charge in [-0.1, -0.05) is 49.8 Å². The molecule has 15 heavy (non-hydrogen) atoms. The van der Waals surface area contributed by atoms with Gasteiger partial charge in [0, 0.05) is 6.42 Å². The zero-order chi connectivity index (χ0) is 11.3. The topological polar surface area (TPSA) is 0 Å². The van der Waals surface area contributed by atoms with E-state index in [1.54, 1.807) is 0 Å². The van der Waals surface area contributed by atoms with E-state index in [0.717, 1.165) is 0 Å². The third-order valence-corrected chi connectivity index (χ3v) is 2.31. The van der Waals surface area contributed by atoms with Gasteiger partial charge in [-0.15, -0.1) is 0 Å². The third-order valence-electron chi connectivity index (χ3n) is 2.31. The molecule has 79 valence electrons. The second-order valence-electron chi connectivity index (χ2n) is 3.64. The number of halogens is 2. The molecule has 0 aromatic heterocycles. The molecule has 1 aromatic carbocycles. The average molecular weight is 374 g/mol. The first-order valence-electron chi connectivity index (χ1n) is 4.80. The second-order valence-corrected chi connectivity index (χ2v) is 4.16. The molecule has 0 nitrogen and oxygen atoms in total. The Hall–Kier alpha value is -0.310. The van der Waals surface area contributed by atoms with Gasteiger partial charge in [0.15, 0.2) is 0 Å². The molecule has 0 atom stereocenters. The summed E-state index contributed by atoms with van der Waals surface area (Å²) in [6, 6.07) is 8.52. The van der Waals surface area contributed by atoms with Crippen LogP contribution in [0.5, 0.6) is 0 Å². The van der Waals surface area contributed by atoms with Crippen LogP contribution in [0.15, 0.2) is 29.8 Å². The van der Waals surface area contributed by atoms with E-state index in [0.29, 0.717) is 5.92 Å². The quantitative estimate of drug-likeness (QED) is 0.649. The van der Waals surface area contributed by atoms with E-state index in [9.17, 15) is 5.33 Å². The van der Waals surface area contributed by atoms with Gasteiger partial charge in [-0.05, 0) is 17.0 Å². The fourth-order valence-electron chi connectivity index (χ4n) is 1.51. The van der Waals surface area contributed by atoms with E-state index >= 15 is 0 Å². The predicted octanol–water partition coefficient (Wildman–Crippen LogP) is 4.13. The van der Waals surface area contributed by atoms with Crippen molar-refractivity contribution in [2.24, 2.45) is 5.92 Å². The van der Waals surface area contributed by atoms with Gasteiger partial charge in [0.1, 0.15) is 0 Å². The van der Waals surface area contributed by atoms with Crippen LogP contribution in [0, 0.1) is 12.3 Å². The Morgan fingerprint density at radius 1 is 1.07 bits per heavy atom. The van der Waals surface area contributed by atoms with Gasteiger partial charge in [0.2, 0.25) is 0 Å². The molecule has 1 aliphatic carbocycles. The van der Waals surface area contributed by atoms with Crippen LogP contribution in [0.4, 0.5) is 5.33 Å². The van der Waals surface area contributed by atoms with E-state index in [4.69, 9.17) is 0 Å². The van der Waals surface area contributed by atoms with E-state index in [1.165, 1.54) is 16.7 Å². The predicted molar refractivity (Wildman–Crippen MR) is 54.9 cm³/mol. The van der Waals surface area contributed by atoms with Crippen LogP contribution >= 0.6 is 0 Å². The van der Waals surface area contributed by atoms with E-state index in [-0.39, 0.29) is 0 Å². The molecule has 3 heteroatoms. The van der Waals surface area contributed by atoms with Crippen molar-refractivity contribution in [3.8, 4) is 0 Å². The van der Waals surface area contributed by atoms with Crippen LogP contribution in [0.2, 0.25) is 0 Å². The Morgan fingerprint density at radius 3 is 2.07 bits per heavy atom. The van der Waals surface area contributed by atoms with Crippen molar-refractivity contribution >= 4 is 6.08 Å². The molecule has 0 heterocycles. The first-order chi connectivity index (χ1) is 7.19. The Morgan fingerprint density at radius 2 is 1.60 bits per heavy atom. The molecule has 0 bridgehead atoms. The van der Waals surface area contributed by atoms with Crippen LogP contribution < -0.4 is 0 Å². The minimum atomic E-state index is -2.92. The van der Waals surface area contributed by atoms with Crippen LogP contribution in [0.3, 0.4) is 0 Å². The molecular weight excluding hydrogens is 361 g/mol. The van der Waals surface area contributed by atoms with Crippen molar-refractivity contribution < 1.29 is 29.4 Å². The monoisotopic (exact) mass is 375 g/mol. The summed E-state index contributed by atoms with van der Waals surface area (Å²) in [7, 11) is 0. The van der Waals surface area contributed by atoms with Crippen molar-refractivity contribution in [1.82, 2.24) is 0 Å². The van der Waals surface area contributed by atoms with Crippen molar-refractivity contribution in [3.05, 3.63) is 47.4 Å². The van der Waals surface area contributed by atoms with Crippen molar-refractivity contribution in [2.75, 3.05) is 0 Å². The first kappa shape index (κ1) is 12.8. The van der Waals surface area contributed by atoms with Crippen molar-refractivity contribution in [1.29, 1.82) is 0 Å². The fourth-order valence-corrected chi connectivity index (χ4v) is 1.51. The normalized spacial score (nSPS) is 12.7. The average Bonchev–Trinajstić information content (AvgIpc) is 2.62.